The molecular formula is C23H28N2O5. The summed E-state index contributed by atoms with van der Waals surface area (Å²) in [7, 11) is 3.12. The standard InChI is InChI=1S/C23H28N2O5/c1-28-20-9-8-18(14-21(20)29-2)23(27)25-12-10-17(11-13-25)15-24-22(26)16-30-19-6-4-3-5-7-19/h3-9,14,17H,10-13,15-16H2,1-2H3,(H,24,26). The summed E-state index contributed by atoms with van der Waals surface area (Å²) in [6, 6.07) is 14.5. The lowest BCUT2D eigenvalue weighted by molar-refractivity contribution is -0.123. The van der Waals surface area contributed by atoms with Crippen LogP contribution in [0.3, 0.4) is 0 Å². The van der Waals surface area contributed by atoms with E-state index in [1.807, 2.05) is 35.2 Å². The molecule has 7 nitrogen and oxygen atoms in total. The van der Waals surface area contributed by atoms with Crippen LogP contribution < -0.4 is 19.5 Å². The van der Waals surface area contributed by atoms with Gasteiger partial charge >= 0.3 is 0 Å². The molecule has 2 aromatic rings. The number of methoxy groups -OCH3 is 2. The van der Waals surface area contributed by atoms with Crippen LogP contribution in [0.15, 0.2) is 48.5 Å². The zero-order valence-electron chi connectivity index (χ0n) is 17.4. The van der Waals surface area contributed by atoms with Crippen molar-refractivity contribution in [2.24, 2.45) is 5.92 Å². The number of ether oxygens (including phenoxy) is 3. The van der Waals surface area contributed by atoms with Crippen molar-refractivity contribution in [3.05, 3.63) is 54.1 Å². The molecular weight excluding hydrogens is 384 g/mol. The lowest BCUT2D eigenvalue weighted by Gasteiger charge is -2.32. The molecule has 30 heavy (non-hydrogen) atoms. The SMILES string of the molecule is COc1ccc(C(=O)N2CCC(CNC(=O)COc3ccccc3)CC2)cc1OC. The molecule has 1 aliphatic rings. The minimum absolute atomic E-state index is 0.000642. The van der Waals surface area contributed by atoms with E-state index in [0.717, 1.165) is 12.8 Å². The number of carbonyl (C=O) groups is 2. The highest BCUT2D eigenvalue weighted by Crippen LogP contribution is 2.28. The van der Waals surface area contributed by atoms with Gasteiger partial charge < -0.3 is 24.4 Å². The molecule has 0 bridgehead atoms. The smallest absolute Gasteiger partial charge is 0.257 e. The summed E-state index contributed by atoms with van der Waals surface area (Å²) in [5.41, 5.74) is 0.581. The van der Waals surface area contributed by atoms with Gasteiger partial charge in [-0.1, -0.05) is 18.2 Å². The van der Waals surface area contributed by atoms with E-state index in [9.17, 15) is 9.59 Å². The van der Waals surface area contributed by atoms with E-state index in [2.05, 4.69) is 5.32 Å². The second-order valence-electron chi connectivity index (χ2n) is 7.21. The molecule has 2 aromatic carbocycles. The average molecular weight is 412 g/mol. The van der Waals surface area contributed by atoms with E-state index >= 15 is 0 Å². The number of amides is 2. The van der Waals surface area contributed by atoms with Crippen LogP contribution in [0.5, 0.6) is 17.2 Å². The molecule has 160 valence electrons. The third-order valence-corrected chi connectivity index (χ3v) is 5.23. The summed E-state index contributed by atoms with van der Waals surface area (Å²) in [5, 5.41) is 2.93. The van der Waals surface area contributed by atoms with Crippen molar-refractivity contribution in [3.63, 3.8) is 0 Å². The molecule has 0 aromatic heterocycles. The van der Waals surface area contributed by atoms with E-state index in [1.54, 1.807) is 32.4 Å². The molecule has 0 aliphatic carbocycles. The van der Waals surface area contributed by atoms with E-state index in [1.165, 1.54) is 0 Å². The van der Waals surface area contributed by atoms with Crippen molar-refractivity contribution in [2.45, 2.75) is 12.8 Å². The highest BCUT2D eigenvalue weighted by atomic mass is 16.5. The van der Waals surface area contributed by atoms with Crippen LogP contribution in [0.1, 0.15) is 23.2 Å². The summed E-state index contributed by atoms with van der Waals surface area (Å²) in [6.45, 7) is 1.92. The van der Waals surface area contributed by atoms with Gasteiger partial charge in [-0.2, -0.15) is 0 Å². The Balaban J connectivity index is 1.42. The number of hydrogen-bond acceptors (Lipinski definition) is 5. The van der Waals surface area contributed by atoms with Crippen molar-refractivity contribution >= 4 is 11.8 Å². The predicted octanol–water partition coefficient (Wildman–Crippen LogP) is 2.75. The lowest BCUT2D eigenvalue weighted by Crippen LogP contribution is -2.42. The minimum Gasteiger partial charge on any atom is -0.493 e. The van der Waals surface area contributed by atoms with Gasteiger partial charge in [-0.3, -0.25) is 9.59 Å². The quantitative estimate of drug-likeness (QED) is 0.722. The Labute approximate surface area is 176 Å². The molecule has 2 amide bonds. The largest absolute Gasteiger partial charge is 0.493 e. The highest BCUT2D eigenvalue weighted by molar-refractivity contribution is 5.95. The second kappa shape index (κ2) is 10.5. The Morgan fingerprint density at radius 2 is 1.70 bits per heavy atom. The van der Waals surface area contributed by atoms with Gasteiger partial charge in [-0.25, -0.2) is 0 Å². The Bertz CT molecular complexity index is 848. The first-order valence-corrected chi connectivity index (χ1v) is 10.1. The number of para-hydroxylation sites is 1. The van der Waals surface area contributed by atoms with Crippen LogP contribution in [-0.4, -0.2) is 57.2 Å². The number of likely N-dealkylation sites (tertiary alicyclic amines) is 1. The minimum atomic E-state index is -0.136. The third-order valence-electron chi connectivity index (χ3n) is 5.23. The first kappa shape index (κ1) is 21.5. The van der Waals surface area contributed by atoms with Crippen molar-refractivity contribution in [2.75, 3.05) is 40.5 Å². The molecule has 3 rings (SSSR count). The van der Waals surface area contributed by atoms with Gasteiger partial charge in [-0.15, -0.1) is 0 Å². The summed E-state index contributed by atoms with van der Waals surface area (Å²) in [6.07, 6.45) is 1.69. The van der Waals surface area contributed by atoms with E-state index in [0.29, 0.717) is 48.4 Å². The van der Waals surface area contributed by atoms with Crippen LogP contribution in [0.2, 0.25) is 0 Å². The monoisotopic (exact) mass is 412 g/mol. The number of carbonyl (C=O) groups excluding carboxylic acids is 2. The van der Waals surface area contributed by atoms with Crippen molar-refractivity contribution < 1.29 is 23.8 Å². The molecule has 7 heteroatoms. The van der Waals surface area contributed by atoms with Gasteiger partial charge in [0.1, 0.15) is 5.75 Å². The van der Waals surface area contributed by atoms with E-state index < -0.39 is 0 Å². The van der Waals surface area contributed by atoms with E-state index in [-0.39, 0.29) is 18.4 Å². The first-order valence-electron chi connectivity index (χ1n) is 10.1. The first-order chi connectivity index (χ1) is 14.6. The molecule has 0 spiro atoms. The van der Waals surface area contributed by atoms with Gasteiger partial charge in [0.25, 0.3) is 11.8 Å². The fourth-order valence-electron chi connectivity index (χ4n) is 3.47. The molecule has 0 saturated carbocycles. The Hall–Kier alpha value is -3.22. The topological polar surface area (TPSA) is 77.1 Å². The summed E-state index contributed by atoms with van der Waals surface area (Å²) in [5.74, 6) is 2.01. The summed E-state index contributed by atoms with van der Waals surface area (Å²) >= 11 is 0. The van der Waals surface area contributed by atoms with Crippen molar-refractivity contribution in [1.82, 2.24) is 10.2 Å². The molecule has 1 fully saturated rings. The maximum Gasteiger partial charge on any atom is 0.257 e. The van der Waals surface area contributed by atoms with Crippen LogP contribution >= 0.6 is 0 Å². The molecule has 0 unspecified atom stereocenters. The van der Waals surface area contributed by atoms with Gasteiger partial charge in [0, 0.05) is 25.2 Å². The maximum absolute atomic E-state index is 12.8. The Morgan fingerprint density at radius 1 is 1.00 bits per heavy atom. The number of rotatable bonds is 8. The highest BCUT2D eigenvalue weighted by Gasteiger charge is 2.24. The summed E-state index contributed by atoms with van der Waals surface area (Å²) < 4.78 is 16.0. The number of nitrogens with zero attached hydrogens (tertiary/aromatic N) is 1. The number of nitrogens with one attached hydrogen (secondary N) is 1. The van der Waals surface area contributed by atoms with Crippen LogP contribution in [-0.2, 0) is 4.79 Å². The fraction of sp³-hybridized carbons (Fsp3) is 0.391. The van der Waals surface area contributed by atoms with Crippen LogP contribution in [0.25, 0.3) is 0 Å². The van der Waals surface area contributed by atoms with E-state index in [4.69, 9.17) is 14.2 Å². The molecule has 1 N–H and O–H groups in total. The number of piperidine rings is 1. The molecule has 1 aliphatic heterocycles. The molecule has 0 radical (unpaired) electrons. The third kappa shape index (κ3) is 5.65. The summed E-state index contributed by atoms with van der Waals surface area (Å²) in [4.78, 5) is 26.7. The predicted molar refractivity (Wildman–Crippen MR) is 113 cm³/mol. The zero-order valence-corrected chi connectivity index (χ0v) is 17.4. The van der Waals surface area contributed by atoms with Crippen LogP contribution in [0.4, 0.5) is 0 Å². The van der Waals surface area contributed by atoms with Crippen molar-refractivity contribution in [3.8, 4) is 17.2 Å². The molecule has 1 heterocycles. The van der Waals surface area contributed by atoms with Gasteiger partial charge in [0.15, 0.2) is 18.1 Å². The van der Waals surface area contributed by atoms with Gasteiger partial charge in [-0.05, 0) is 49.1 Å². The Morgan fingerprint density at radius 3 is 2.37 bits per heavy atom. The van der Waals surface area contributed by atoms with Gasteiger partial charge in [0.2, 0.25) is 0 Å². The van der Waals surface area contributed by atoms with Crippen molar-refractivity contribution in [1.29, 1.82) is 0 Å². The fourth-order valence-corrected chi connectivity index (χ4v) is 3.47. The van der Waals surface area contributed by atoms with Crippen LogP contribution in [0, 0.1) is 5.92 Å². The molecule has 0 atom stereocenters. The lowest BCUT2D eigenvalue weighted by atomic mass is 9.96. The molecule has 1 saturated heterocycles. The maximum atomic E-state index is 12.8. The normalized spacial score (nSPS) is 14.1. The number of hydrogen-bond donors (Lipinski definition) is 1. The average Bonchev–Trinajstić information content (AvgIpc) is 2.81. The second-order valence-corrected chi connectivity index (χ2v) is 7.21. The number of benzene rings is 2. The van der Waals surface area contributed by atoms with Gasteiger partial charge in [0.05, 0.1) is 14.2 Å². The zero-order chi connectivity index (χ0) is 21.3. The Kier molecular flexibility index (Phi) is 7.54.